The Bertz CT molecular complexity index is 285. The Morgan fingerprint density at radius 3 is 2.20 bits per heavy atom. The molecule has 0 unspecified atom stereocenters. The molecule has 0 saturated heterocycles. The molecule has 1 aromatic carbocycles. The fraction of sp³-hybridized carbons (Fsp3) is 0.571. The van der Waals surface area contributed by atoms with Crippen molar-refractivity contribution in [1.29, 1.82) is 0 Å². The zero-order valence-corrected chi connectivity index (χ0v) is 9.63. The van der Waals surface area contributed by atoms with Gasteiger partial charge in [0.15, 0.2) is 0 Å². The van der Waals surface area contributed by atoms with Gasteiger partial charge in [-0.1, -0.05) is 37.6 Å². The van der Waals surface area contributed by atoms with Crippen molar-refractivity contribution >= 4 is 0 Å². The summed E-state index contributed by atoms with van der Waals surface area (Å²) in [6.07, 6.45) is 6.39. The first kappa shape index (κ1) is 10.7. The average Bonchev–Trinajstić information content (AvgIpc) is 3.05. The maximum absolute atomic E-state index is 3.54. The quantitative estimate of drug-likeness (QED) is 0.749. The third-order valence-corrected chi connectivity index (χ3v) is 2.99. The van der Waals surface area contributed by atoms with Crippen LogP contribution < -0.4 is 5.32 Å². The minimum Gasteiger partial charge on any atom is -0.314 e. The highest BCUT2D eigenvalue weighted by Crippen LogP contribution is 2.18. The van der Waals surface area contributed by atoms with E-state index in [1.54, 1.807) is 0 Å². The monoisotopic (exact) mass is 203 g/mol. The van der Waals surface area contributed by atoms with Gasteiger partial charge in [0, 0.05) is 6.04 Å². The summed E-state index contributed by atoms with van der Waals surface area (Å²) >= 11 is 0. The molecule has 1 aliphatic carbocycles. The van der Waals surface area contributed by atoms with E-state index in [0.717, 1.165) is 12.6 Å². The van der Waals surface area contributed by atoms with Gasteiger partial charge < -0.3 is 5.32 Å². The Labute approximate surface area is 92.9 Å². The second-order valence-electron chi connectivity index (χ2n) is 4.54. The minimum atomic E-state index is 0.837. The van der Waals surface area contributed by atoms with Gasteiger partial charge in [-0.05, 0) is 43.4 Å². The van der Waals surface area contributed by atoms with Gasteiger partial charge in [0.1, 0.15) is 0 Å². The van der Waals surface area contributed by atoms with Crippen molar-refractivity contribution in [2.45, 2.75) is 45.1 Å². The van der Waals surface area contributed by atoms with E-state index in [1.165, 1.54) is 43.2 Å². The Balaban J connectivity index is 1.75. The van der Waals surface area contributed by atoms with E-state index < -0.39 is 0 Å². The number of hydrogen-bond donors (Lipinski definition) is 1. The molecule has 0 amide bonds. The normalized spacial score (nSPS) is 15.5. The van der Waals surface area contributed by atoms with Gasteiger partial charge in [0.05, 0.1) is 0 Å². The van der Waals surface area contributed by atoms with Crippen molar-refractivity contribution in [3.63, 3.8) is 0 Å². The topological polar surface area (TPSA) is 12.0 Å². The van der Waals surface area contributed by atoms with Gasteiger partial charge in [0.2, 0.25) is 0 Å². The first-order valence-electron chi connectivity index (χ1n) is 6.19. The van der Waals surface area contributed by atoms with Crippen molar-refractivity contribution < 1.29 is 0 Å². The number of hydrogen-bond acceptors (Lipinski definition) is 1. The molecular weight excluding hydrogens is 182 g/mol. The van der Waals surface area contributed by atoms with E-state index in [9.17, 15) is 0 Å². The molecule has 0 aromatic heterocycles. The Morgan fingerprint density at radius 1 is 1.07 bits per heavy atom. The van der Waals surface area contributed by atoms with E-state index in [0.29, 0.717) is 0 Å². The zero-order valence-electron chi connectivity index (χ0n) is 9.63. The third kappa shape index (κ3) is 3.67. The fourth-order valence-corrected chi connectivity index (χ4v) is 1.87. The van der Waals surface area contributed by atoms with Crippen LogP contribution in [0, 0.1) is 0 Å². The lowest BCUT2D eigenvalue weighted by Gasteiger charge is -2.04. The lowest BCUT2D eigenvalue weighted by atomic mass is 10.1. The van der Waals surface area contributed by atoms with Gasteiger partial charge in [-0.3, -0.25) is 0 Å². The molecule has 0 heterocycles. The van der Waals surface area contributed by atoms with Gasteiger partial charge in [-0.15, -0.1) is 0 Å². The van der Waals surface area contributed by atoms with Gasteiger partial charge in [-0.25, -0.2) is 0 Å². The summed E-state index contributed by atoms with van der Waals surface area (Å²) in [6, 6.07) is 9.94. The standard InChI is InChI=1S/C14H21N/c1-2-3-12-4-6-13(7-5-12)10-11-15-14-8-9-14/h4-7,14-15H,2-3,8-11H2,1H3. The van der Waals surface area contributed by atoms with Crippen LogP contribution in [-0.2, 0) is 12.8 Å². The summed E-state index contributed by atoms with van der Waals surface area (Å²) in [5.74, 6) is 0. The van der Waals surface area contributed by atoms with E-state index >= 15 is 0 Å². The Morgan fingerprint density at radius 2 is 1.67 bits per heavy atom. The van der Waals surface area contributed by atoms with Crippen LogP contribution in [0.15, 0.2) is 24.3 Å². The van der Waals surface area contributed by atoms with Gasteiger partial charge in [0.25, 0.3) is 0 Å². The van der Waals surface area contributed by atoms with E-state index in [-0.39, 0.29) is 0 Å². The Kier molecular flexibility index (Phi) is 3.79. The first-order valence-corrected chi connectivity index (χ1v) is 6.19. The predicted octanol–water partition coefficient (Wildman–Crippen LogP) is 2.93. The summed E-state index contributed by atoms with van der Waals surface area (Å²) in [6.45, 7) is 3.37. The van der Waals surface area contributed by atoms with Crippen LogP contribution in [-0.4, -0.2) is 12.6 Å². The van der Waals surface area contributed by atoms with Crippen LogP contribution >= 0.6 is 0 Å². The molecule has 0 aliphatic heterocycles. The lowest BCUT2D eigenvalue weighted by molar-refractivity contribution is 0.682. The van der Waals surface area contributed by atoms with Crippen molar-refractivity contribution in [3.8, 4) is 0 Å². The molecule has 0 radical (unpaired) electrons. The molecule has 15 heavy (non-hydrogen) atoms. The third-order valence-electron chi connectivity index (χ3n) is 2.99. The summed E-state index contributed by atoms with van der Waals surface area (Å²) < 4.78 is 0. The van der Waals surface area contributed by atoms with E-state index in [1.807, 2.05) is 0 Å². The molecule has 1 N–H and O–H groups in total. The smallest absolute Gasteiger partial charge is 0.00683 e. The molecule has 1 fully saturated rings. The van der Waals surface area contributed by atoms with Crippen LogP contribution in [0.5, 0.6) is 0 Å². The fourth-order valence-electron chi connectivity index (χ4n) is 1.87. The SMILES string of the molecule is CCCc1ccc(CCNC2CC2)cc1. The molecule has 82 valence electrons. The molecule has 1 saturated carbocycles. The molecule has 1 heteroatoms. The van der Waals surface area contributed by atoms with Crippen molar-refractivity contribution in [2.75, 3.05) is 6.54 Å². The molecule has 0 atom stereocenters. The maximum Gasteiger partial charge on any atom is 0.00683 e. The zero-order chi connectivity index (χ0) is 10.5. The Hall–Kier alpha value is -0.820. The maximum atomic E-state index is 3.54. The molecule has 1 nitrogen and oxygen atoms in total. The number of rotatable bonds is 6. The average molecular weight is 203 g/mol. The number of benzene rings is 1. The van der Waals surface area contributed by atoms with Crippen molar-refractivity contribution in [1.82, 2.24) is 5.32 Å². The number of nitrogens with one attached hydrogen (secondary N) is 1. The summed E-state index contributed by atoms with van der Waals surface area (Å²) in [5.41, 5.74) is 2.93. The van der Waals surface area contributed by atoms with Crippen LogP contribution in [0.25, 0.3) is 0 Å². The van der Waals surface area contributed by atoms with Crippen LogP contribution in [0.3, 0.4) is 0 Å². The van der Waals surface area contributed by atoms with Crippen molar-refractivity contribution in [3.05, 3.63) is 35.4 Å². The summed E-state index contributed by atoms with van der Waals surface area (Å²) in [5, 5.41) is 3.54. The second kappa shape index (κ2) is 5.32. The van der Waals surface area contributed by atoms with Gasteiger partial charge >= 0.3 is 0 Å². The molecule has 2 rings (SSSR count). The molecular formula is C14H21N. The summed E-state index contributed by atoms with van der Waals surface area (Å²) in [7, 11) is 0. The highest BCUT2D eigenvalue weighted by Gasteiger charge is 2.19. The molecule has 1 aromatic rings. The second-order valence-corrected chi connectivity index (χ2v) is 4.54. The lowest BCUT2D eigenvalue weighted by Crippen LogP contribution is -2.19. The van der Waals surface area contributed by atoms with Crippen LogP contribution in [0.1, 0.15) is 37.3 Å². The number of aryl methyl sites for hydroxylation is 1. The predicted molar refractivity (Wildman–Crippen MR) is 65.2 cm³/mol. The largest absolute Gasteiger partial charge is 0.314 e. The molecule has 0 spiro atoms. The summed E-state index contributed by atoms with van der Waals surface area (Å²) in [4.78, 5) is 0. The van der Waals surface area contributed by atoms with Crippen molar-refractivity contribution in [2.24, 2.45) is 0 Å². The van der Waals surface area contributed by atoms with Crippen LogP contribution in [0.4, 0.5) is 0 Å². The van der Waals surface area contributed by atoms with E-state index in [2.05, 4.69) is 36.5 Å². The van der Waals surface area contributed by atoms with Gasteiger partial charge in [-0.2, -0.15) is 0 Å². The highest BCUT2D eigenvalue weighted by atomic mass is 14.9. The highest BCUT2D eigenvalue weighted by molar-refractivity contribution is 5.22. The first-order chi connectivity index (χ1) is 7.38. The van der Waals surface area contributed by atoms with Crippen LogP contribution in [0.2, 0.25) is 0 Å². The minimum absolute atomic E-state index is 0.837. The molecule has 0 bridgehead atoms. The molecule has 1 aliphatic rings. The van der Waals surface area contributed by atoms with E-state index in [4.69, 9.17) is 0 Å².